The summed E-state index contributed by atoms with van der Waals surface area (Å²) in [5.41, 5.74) is 12.2. The quantitative estimate of drug-likeness (QED) is 0.130. The van der Waals surface area contributed by atoms with Gasteiger partial charge in [-0.05, 0) is 37.0 Å². The van der Waals surface area contributed by atoms with E-state index in [4.69, 9.17) is 26.8 Å². The van der Waals surface area contributed by atoms with Crippen LogP contribution in [0.2, 0.25) is 0 Å². The van der Waals surface area contributed by atoms with Gasteiger partial charge in [-0.25, -0.2) is 0 Å². The Kier molecular flexibility index (Phi) is 12.5. The third-order valence-electron chi connectivity index (χ3n) is 4.72. The van der Waals surface area contributed by atoms with Gasteiger partial charge in [0, 0.05) is 31.9 Å². The molecule has 2 N–H and O–H groups in total. The van der Waals surface area contributed by atoms with Crippen molar-refractivity contribution in [3.63, 3.8) is 0 Å². The molecular formula is C24H34ClN3O3S. The van der Waals surface area contributed by atoms with Crippen LogP contribution in [0, 0.1) is 0 Å². The van der Waals surface area contributed by atoms with Crippen molar-refractivity contribution in [2.24, 2.45) is 5.73 Å². The molecule has 0 fully saturated rings. The molecule has 1 aliphatic carbocycles. The molecule has 0 atom stereocenters. The zero-order valence-corrected chi connectivity index (χ0v) is 21.0. The Morgan fingerprint density at radius 1 is 1.22 bits per heavy atom. The lowest BCUT2D eigenvalue weighted by Crippen LogP contribution is -2.32. The minimum absolute atomic E-state index is 0.0665. The van der Waals surface area contributed by atoms with Gasteiger partial charge in [-0.2, -0.15) is 0 Å². The van der Waals surface area contributed by atoms with Crippen LogP contribution in [0.5, 0.6) is 0 Å². The van der Waals surface area contributed by atoms with Gasteiger partial charge in [-0.1, -0.05) is 30.5 Å². The van der Waals surface area contributed by atoms with Crippen LogP contribution in [0.15, 0.2) is 76.6 Å². The number of allylic oxidation sites excluding steroid dienone is 2. The fourth-order valence-electron chi connectivity index (χ4n) is 2.83. The lowest BCUT2D eigenvalue weighted by atomic mass is 10.2. The van der Waals surface area contributed by atoms with Gasteiger partial charge in [-0.3, -0.25) is 4.79 Å². The Morgan fingerprint density at radius 3 is 2.47 bits per heavy atom. The highest BCUT2D eigenvalue weighted by Gasteiger charge is 2.17. The molecule has 0 aromatic heterocycles. The normalized spacial score (nSPS) is 13.4. The average Bonchev–Trinajstić information content (AvgIpc) is 3.00. The number of likely N-dealkylation sites (N-methyl/N-ethyl adjacent to an activating group) is 1. The maximum Gasteiger partial charge on any atom is 0.227 e. The van der Waals surface area contributed by atoms with Crippen molar-refractivity contribution in [1.29, 1.82) is 0 Å². The van der Waals surface area contributed by atoms with Crippen LogP contribution in [0.25, 0.3) is 0 Å². The van der Waals surface area contributed by atoms with E-state index in [1.165, 1.54) is 11.8 Å². The summed E-state index contributed by atoms with van der Waals surface area (Å²) in [4.78, 5) is 16.7. The number of alkyl halides is 1. The molecule has 1 rings (SSSR count). The molecule has 1 aliphatic rings. The van der Waals surface area contributed by atoms with Gasteiger partial charge in [0.25, 0.3) is 0 Å². The first-order valence-electron chi connectivity index (χ1n) is 10.3. The van der Waals surface area contributed by atoms with Crippen molar-refractivity contribution in [2.75, 3.05) is 45.6 Å². The number of nitrogens with zero attached hydrogens (tertiary/aromatic N) is 2. The molecule has 0 aromatic rings. The summed E-state index contributed by atoms with van der Waals surface area (Å²) in [5, 5.41) is 1.83. The molecule has 32 heavy (non-hydrogen) atoms. The van der Waals surface area contributed by atoms with Crippen LogP contribution in [0.1, 0.15) is 20.3 Å². The van der Waals surface area contributed by atoms with Crippen molar-refractivity contribution >= 4 is 29.3 Å². The van der Waals surface area contributed by atoms with Gasteiger partial charge in [0.15, 0.2) is 5.76 Å². The first-order chi connectivity index (χ1) is 15.3. The van der Waals surface area contributed by atoms with Gasteiger partial charge in [0.2, 0.25) is 11.7 Å². The molecule has 1 amide bonds. The van der Waals surface area contributed by atoms with E-state index in [0.717, 1.165) is 24.4 Å². The van der Waals surface area contributed by atoms with E-state index in [9.17, 15) is 4.79 Å². The second kappa shape index (κ2) is 14.6. The Balaban J connectivity index is 3.01. The molecule has 0 saturated heterocycles. The molecular weight excluding hydrogens is 446 g/mol. The lowest BCUT2D eigenvalue weighted by Gasteiger charge is -2.24. The third kappa shape index (κ3) is 8.58. The number of thioether (sulfide) groups is 1. The molecule has 6 nitrogen and oxygen atoms in total. The predicted octanol–water partition coefficient (Wildman–Crippen LogP) is 4.50. The van der Waals surface area contributed by atoms with E-state index < -0.39 is 0 Å². The van der Waals surface area contributed by atoms with Crippen molar-refractivity contribution in [3.8, 4) is 0 Å². The van der Waals surface area contributed by atoms with E-state index in [0.29, 0.717) is 35.2 Å². The Labute approximate surface area is 201 Å². The number of ether oxygens (including phenoxy) is 2. The molecule has 0 radical (unpaired) electrons. The molecule has 0 heterocycles. The molecule has 0 saturated carbocycles. The number of halogens is 1. The molecule has 0 unspecified atom stereocenters. The first kappa shape index (κ1) is 27.6. The minimum atomic E-state index is -0.0665. The van der Waals surface area contributed by atoms with Gasteiger partial charge in [0.05, 0.1) is 31.5 Å². The largest absolute Gasteiger partial charge is 0.492 e. The highest BCUT2D eigenvalue weighted by molar-refractivity contribution is 8.02. The number of amides is 1. The Bertz CT molecular complexity index is 851. The van der Waals surface area contributed by atoms with Gasteiger partial charge in [-0.15, -0.1) is 23.4 Å². The first-order valence-corrected chi connectivity index (χ1v) is 11.9. The summed E-state index contributed by atoms with van der Waals surface area (Å²) in [5.74, 6) is 1.64. The number of methoxy groups -OCH3 is 2. The van der Waals surface area contributed by atoms with Crippen LogP contribution >= 0.6 is 23.4 Å². The van der Waals surface area contributed by atoms with Gasteiger partial charge < -0.3 is 25.0 Å². The second-order valence-corrected chi connectivity index (χ2v) is 8.03. The van der Waals surface area contributed by atoms with Crippen LogP contribution in [0.4, 0.5) is 0 Å². The van der Waals surface area contributed by atoms with E-state index in [1.807, 2.05) is 11.5 Å². The van der Waals surface area contributed by atoms with Crippen molar-refractivity contribution in [1.82, 2.24) is 9.80 Å². The lowest BCUT2D eigenvalue weighted by molar-refractivity contribution is -0.129. The summed E-state index contributed by atoms with van der Waals surface area (Å²) in [6, 6.07) is 0. The summed E-state index contributed by atoms with van der Waals surface area (Å²) < 4.78 is 10.6. The van der Waals surface area contributed by atoms with Crippen LogP contribution in [-0.4, -0.2) is 61.3 Å². The summed E-state index contributed by atoms with van der Waals surface area (Å²) >= 11 is 7.27. The SMILES string of the molecule is C=C(CCl)CC(=O)N(CS/C=C(\N)C(=C)N(CC)CC)CC1=CC=C(OC)C(OC)=C=C1. The number of carbonyl (C=O) groups excluding carboxylic acids is 1. The summed E-state index contributed by atoms with van der Waals surface area (Å²) in [7, 11) is 3.12. The molecule has 0 bridgehead atoms. The van der Waals surface area contributed by atoms with Crippen molar-refractivity contribution < 1.29 is 14.3 Å². The maximum atomic E-state index is 12.9. The Hall–Kier alpha value is -2.47. The highest BCUT2D eigenvalue weighted by Crippen LogP contribution is 2.19. The smallest absolute Gasteiger partial charge is 0.227 e. The molecule has 0 spiro atoms. The fourth-order valence-corrected chi connectivity index (χ4v) is 3.73. The predicted molar refractivity (Wildman–Crippen MR) is 135 cm³/mol. The molecule has 0 aromatic carbocycles. The van der Waals surface area contributed by atoms with Gasteiger partial charge >= 0.3 is 0 Å². The van der Waals surface area contributed by atoms with Gasteiger partial charge in [0.1, 0.15) is 0 Å². The van der Waals surface area contributed by atoms with Crippen LogP contribution in [0.3, 0.4) is 0 Å². The summed E-state index contributed by atoms with van der Waals surface area (Å²) in [6.45, 7) is 14.1. The number of rotatable bonds is 14. The average molecular weight is 480 g/mol. The summed E-state index contributed by atoms with van der Waals surface area (Å²) in [6.07, 6.45) is 5.65. The maximum absolute atomic E-state index is 12.9. The zero-order valence-electron chi connectivity index (χ0n) is 19.4. The highest BCUT2D eigenvalue weighted by atomic mass is 35.5. The molecule has 0 aliphatic heterocycles. The number of carbonyl (C=O) groups is 1. The topological polar surface area (TPSA) is 68.0 Å². The molecule has 176 valence electrons. The van der Waals surface area contributed by atoms with Crippen LogP contribution in [-0.2, 0) is 14.3 Å². The van der Waals surface area contributed by atoms with Crippen molar-refractivity contribution in [2.45, 2.75) is 20.3 Å². The monoisotopic (exact) mass is 479 g/mol. The molecule has 8 heteroatoms. The Morgan fingerprint density at radius 2 is 1.91 bits per heavy atom. The van der Waals surface area contributed by atoms with E-state index >= 15 is 0 Å². The van der Waals surface area contributed by atoms with Crippen molar-refractivity contribution in [3.05, 3.63) is 76.6 Å². The fraction of sp³-hybridized carbons (Fsp3) is 0.417. The number of hydrogen-bond donors (Lipinski definition) is 1. The van der Waals surface area contributed by atoms with Crippen LogP contribution < -0.4 is 5.73 Å². The second-order valence-electron chi connectivity index (χ2n) is 6.94. The number of nitrogens with two attached hydrogens (primary N) is 1. The minimum Gasteiger partial charge on any atom is -0.492 e. The third-order valence-corrected chi connectivity index (χ3v) is 5.98. The number of hydrogen-bond acceptors (Lipinski definition) is 6. The van der Waals surface area contributed by atoms with E-state index in [-0.39, 0.29) is 18.2 Å². The van der Waals surface area contributed by atoms with E-state index in [2.05, 4.69) is 37.6 Å². The zero-order chi connectivity index (χ0) is 24.1. The van der Waals surface area contributed by atoms with E-state index in [1.54, 1.807) is 31.3 Å². The standard InChI is InChI=1S/C24H34ClN3O3S/c1-7-27(8-2)19(4)21(26)16-32-17-28(24(29)13-18(3)14-25)15-20-9-11-22(30-5)23(31-6)12-10-20/h9-11,16H,3-4,7-8,13-15,17,26H2,1-2,5-6H3/b21-16-.